The lowest BCUT2D eigenvalue weighted by Gasteiger charge is -2.26. The molecule has 0 saturated heterocycles. The number of ether oxygens (including phenoxy) is 4. The molecule has 0 atom stereocenters. The maximum atomic E-state index is 12.5. The van der Waals surface area contributed by atoms with Gasteiger partial charge in [-0.05, 0) is 47.6 Å². The molecule has 8 nitrogen and oxygen atoms in total. The van der Waals surface area contributed by atoms with Crippen molar-refractivity contribution >= 4 is 34.1 Å². The molecule has 0 saturated carbocycles. The molecule has 0 aliphatic rings. The Bertz CT molecular complexity index is 1620. The summed E-state index contributed by atoms with van der Waals surface area (Å²) in [4.78, 5) is 25.1. The minimum atomic E-state index is -0.0984. The lowest BCUT2D eigenvalue weighted by Crippen LogP contribution is -2.06. The molecule has 2 N–H and O–H groups in total. The third kappa shape index (κ3) is 4.28. The number of phenols is 2. The SMILES string of the molecule is COc1c(O)c(C(C)C)c2cc(C)c(-c3c(C)cc4c(C(C)C)c(O)c(OC)c(C=O)c4c3OC)c(OC)c2c1C=O. The van der Waals surface area contributed by atoms with Crippen molar-refractivity contribution in [2.75, 3.05) is 28.4 Å². The number of carbonyl (C=O) groups is 2. The van der Waals surface area contributed by atoms with Crippen LogP contribution in [0.1, 0.15) is 82.5 Å². The normalized spacial score (nSPS) is 11.4. The molecule has 0 fully saturated rings. The molecule has 0 aromatic heterocycles. The van der Waals surface area contributed by atoms with Gasteiger partial charge in [0, 0.05) is 33.0 Å². The summed E-state index contributed by atoms with van der Waals surface area (Å²) in [6, 6.07) is 3.85. The summed E-state index contributed by atoms with van der Waals surface area (Å²) >= 11 is 0. The Labute approximate surface area is 245 Å². The quantitative estimate of drug-likeness (QED) is 0.197. The number of carbonyl (C=O) groups excluding carboxylic acids is 2. The number of aromatic hydroxyl groups is 2. The highest BCUT2D eigenvalue weighted by atomic mass is 16.5. The van der Waals surface area contributed by atoms with Crippen molar-refractivity contribution in [3.8, 4) is 45.6 Å². The molecule has 8 heteroatoms. The van der Waals surface area contributed by atoms with E-state index in [1.165, 1.54) is 28.4 Å². The molecule has 0 amide bonds. The number of aryl methyl sites for hydroxylation is 2. The van der Waals surface area contributed by atoms with Crippen LogP contribution in [0.5, 0.6) is 34.5 Å². The number of rotatable bonds is 9. The maximum Gasteiger partial charge on any atom is 0.172 e. The first-order chi connectivity index (χ1) is 19.9. The predicted octanol–water partition coefficient (Wildman–Crippen LogP) is 7.59. The van der Waals surface area contributed by atoms with Gasteiger partial charge < -0.3 is 29.2 Å². The van der Waals surface area contributed by atoms with Crippen molar-refractivity contribution in [2.24, 2.45) is 0 Å². The molecule has 222 valence electrons. The first kappa shape index (κ1) is 30.5. The van der Waals surface area contributed by atoms with E-state index in [9.17, 15) is 19.8 Å². The molecule has 0 heterocycles. The number of benzene rings is 4. The van der Waals surface area contributed by atoms with Crippen LogP contribution in [0.3, 0.4) is 0 Å². The number of hydrogen-bond acceptors (Lipinski definition) is 8. The van der Waals surface area contributed by atoms with Crippen molar-refractivity contribution in [3.05, 3.63) is 45.5 Å². The smallest absolute Gasteiger partial charge is 0.172 e. The molecule has 0 unspecified atom stereocenters. The van der Waals surface area contributed by atoms with Gasteiger partial charge in [0.25, 0.3) is 0 Å². The van der Waals surface area contributed by atoms with Gasteiger partial charge in [0.05, 0.1) is 39.6 Å². The first-order valence-corrected chi connectivity index (χ1v) is 13.7. The zero-order chi connectivity index (χ0) is 31.2. The van der Waals surface area contributed by atoms with Crippen LogP contribution in [0.4, 0.5) is 0 Å². The van der Waals surface area contributed by atoms with Gasteiger partial charge in [-0.2, -0.15) is 0 Å². The monoisotopic (exact) mass is 574 g/mol. The van der Waals surface area contributed by atoms with E-state index in [4.69, 9.17) is 18.9 Å². The molecule has 0 radical (unpaired) electrons. The zero-order valence-corrected chi connectivity index (χ0v) is 25.8. The van der Waals surface area contributed by atoms with Crippen LogP contribution in [0.15, 0.2) is 12.1 Å². The molecule has 0 bridgehead atoms. The molecule has 4 aromatic carbocycles. The van der Waals surface area contributed by atoms with E-state index in [-0.39, 0.29) is 46.0 Å². The predicted molar refractivity (Wildman–Crippen MR) is 165 cm³/mol. The second-order valence-corrected chi connectivity index (χ2v) is 11.0. The summed E-state index contributed by atoms with van der Waals surface area (Å²) in [6.07, 6.45) is 1.31. The van der Waals surface area contributed by atoms with Crippen molar-refractivity contribution in [1.29, 1.82) is 0 Å². The van der Waals surface area contributed by atoms with Crippen molar-refractivity contribution in [3.63, 3.8) is 0 Å². The van der Waals surface area contributed by atoms with Crippen LogP contribution in [-0.4, -0.2) is 51.2 Å². The Balaban J connectivity index is 2.36. The van der Waals surface area contributed by atoms with Gasteiger partial charge in [0.15, 0.2) is 35.6 Å². The Morgan fingerprint density at radius 3 is 1.14 bits per heavy atom. The van der Waals surface area contributed by atoms with Gasteiger partial charge in [-0.15, -0.1) is 0 Å². The Hall–Kier alpha value is -4.46. The molecule has 4 rings (SSSR count). The Morgan fingerprint density at radius 2 is 0.905 bits per heavy atom. The van der Waals surface area contributed by atoms with E-state index in [1.807, 2.05) is 53.7 Å². The zero-order valence-electron chi connectivity index (χ0n) is 25.8. The summed E-state index contributed by atoms with van der Waals surface area (Å²) in [6.45, 7) is 11.7. The fourth-order valence-corrected chi connectivity index (χ4v) is 6.35. The standard InChI is InChI=1S/C34H38O8/c1-15(2)23-19-11-17(5)25(33(41-9)27(19)21(13-35)31(39-7)29(23)37)26-18(6)12-20-24(16(3)4)30(38)32(40-8)22(14-36)28(20)34(26)42-10/h11-16,37-38H,1-10H3. The Morgan fingerprint density at radius 1 is 0.595 bits per heavy atom. The summed E-state index contributed by atoms with van der Waals surface area (Å²) in [7, 11) is 5.87. The number of fused-ring (bicyclic) bond motifs is 2. The minimum absolute atomic E-state index is 0.0709. The molecule has 4 aromatic rings. The third-order valence-electron chi connectivity index (χ3n) is 7.96. The minimum Gasteiger partial charge on any atom is -0.504 e. The van der Waals surface area contributed by atoms with Gasteiger partial charge in [0.1, 0.15) is 11.5 Å². The van der Waals surface area contributed by atoms with E-state index in [2.05, 4.69) is 0 Å². The van der Waals surface area contributed by atoms with Crippen molar-refractivity contribution in [1.82, 2.24) is 0 Å². The number of methoxy groups -OCH3 is 4. The molecular formula is C34H38O8. The first-order valence-electron chi connectivity index (χ1n) is 13.7. The van der Waals surface area contributed by atoms with E-state index in [0.717, 1.165) is 11.1 Å². The lowest BCUT2D eigenvalue weighted by molar-refractivity contribution is 0.111. The fourth-order valence-electron chi connectivity index (χ4n) is 6.35. The molecular weight excluding hydrogens is 536 g/mol. The third-order valence-corrected chi connectivity index (χ3v) is 7.96. The number of hydrogen-bond donors (Lipinski definition) is 2. The summed E-state index contributed by atoms with van der Waals surface area (Å²) in [5.74, 6) is 0.575. The fraction of sp³-hybridized carbons (Fsp3) is 0.353. The van der Waals surface area contributed by atoms with E-state index in [1.54, 1.807) is 0 Å². The van der Waals surface area contributed by atoms with Gasteiger partial charge in [-0.25, -0.2) is 0 Å². The van der Waals surface area contributed by atoms with Gasteiger partial charge in [-0.1, -0.05) is 39.8 Å². The highest BCUT2D eigenvalue weighted by molar-refractivity contribution is 6.14. The van der Waals surface area contributed by atoms with Crippen LogP contribution >= 0.6 is 0 Å². The maximum absolute atomic E-state index is 12.5. The van der Waals surface area contributed by atoms with Gasteiger partial charge in [-0.3, -0.25) is 9.59 Å². The van der Waals surface area contributed by atoms with Crippen LogP contribution in [0.2, 0.25) is 0 Å². The summed E-state index contributed by atoms with van der Waals surface area (Å²) in [5.41, 5.74) is 4.49. The van der Waals surface area contributed by atoms with E-state index < -0.39 is 0 Å². The molecule has 0 aliphatic carbocycles. The van der Waals surface area contributed by atoms with E-state index in [0.29, 0.717) is 67.9 Å². The van der Waals surface area contributed by atoms with E-state index >= 15 is 0 Å². The topological polar surface area (TPSA) is 112 Å². The Kier molecular flexibility index (Phi) is 8.30. The number of phenolic OH excluding ortho intramolecular Hbond substituents is 2. The molecule has 0 spiro atoms. The second kappa shape index (κ2) is 11.4. The van der Waals surface area contributed by atoms with Crippen LogP contribution in [0, 0.1) is 13.8 Å². The summed E-state index contributed by atoms with van der Waals surface area (Å²) in [5, 5.41) is 24.6. The summed E-state index contributed by atoms with van der Waals surface area (Å²) < 4.78 is 23.2. The van der Waals surface area contributed by atoms with Crippen LogP contribution in [-0.2, 0) is 0 Å². The average molecular weight is 575 g/mol. The average Bonchev–Trinajstić information content (AvgIpc) is 2.94. The van der Waals surface area contributed by atoms with Crippen LogP contribution < -0.4 is 18.9 Å². The van der Waals surface area contributed by atoms with Crippen LogP contribution in [0.25, 0.3) is 32.7 Å². The lowest BCUT2D eigenvalue weighted by atomic mass is 9.83. The highest BCUT2D eigenvalue weighted by Crippen LogP contribution is 2.55. The van der Waals surface area contributed by atoms with Crippen molar-refractivity contribution < 1.29 is 38.7 Å². The second-order valence-electron chi connectivity index (χ2n) is 11.0. The van der Waals surface area contributed by atoms with Crippen molar-refractivity contribution in [2.45, 2.75) is 53.4 Å². The largest absolute Gasteiger partial charge is 0.504 e. The highest BCUT2D eigenvalue weighted by Gasteiger charge is 2.31. The van der Waals surface area contributed by atoms with Gasteiger partial charge in [0.2, 0.25) is 0 Å². The molecule has 42 heavy (non-hydrogen) atoms. The molecule has 0 aliphatic heterocycles. The van der Waals surface area contributed by atoms with Gasteiger partial charge >= 0.3 is 0 Å². The number of aldehydes is 2.